The summed E-state index contributed by atoms with van der Waals surface area (Å²) in [6.45, 7) is 5.24. The monoisotopic (exact) mass is 372 g/mol. The van der Waals surface area contributed by atoms with Gasteiger partial charge in [-0.3, -0.25) is 4.79 Å². The predicted octanol–water partition coefficient (Wildman–Crippen LogP) is 2.49. The van der Waals surface area contributed by atoms with Crippen molar-refractivity contribution in [1.82, 2.24) is 4.90 Å². The minimum Gasteiger partial charge on any atom is -0.493 e. The van der Waals surface area contributed by atoms with E-state index in [1.807, 2.05) is 11.8 Å². The number of nitrogens with zero attached hydrogens (tertiary/aromatic N) is 1. The van der Waals surface area contributed by atoms with Crippen LogP contribution in [0, 0.1) is 0 Å². The number of methoxy groups -OCH3 is 1. The molecule has 1 aromatic rings. The Morgan fingerprint density at radius 2 is 2.00 bits per heavy atom. The number of ether oxygens (including phenoxy) is 3. The number of halogens is 1. The third-order valence-corrected chi connectivity index (χ3v) is 4.14. The average Bonchev–Trinajstić information content (AvgIpc) is 2.62. The van der Waals surface area contributed by atoms with Crippen molar-refractivity contribution in [2.45, 2.75) is 32.3 Å². The second kappa shape index (κ2) is 11.2. The molecule has 1 aliphatic heterocycles. The van der Waals surface area contributed by atoms with E-state index in [2.05, 4.69) is 0 Å². The summed E-state index contributed by atoms with van der Waals surface area (Å²) in [5.74, 6) is 1.27. The summed E-state index contributed by atoms with van der Waals surface area (Å²) in [5, 5.41) is 0. The number of carbonyl (C=O) groups excluding carboxylic acids is 1. The summed E-state index contributed by atoms with van der Waals surface area (Å²) in [5.41, 5.74) is 6.09. The van der Waals surface area contributed by atoms with Gasteiger partial charge >= 0.3 is 0 Å². The molecule has 7 heteroatoms. The second-order valence-electron chi connectivity index (χ2n) is 5.80. The van der Waals surface area contributed by atoms with Crippen LogP contribution in [0.4, 0.5) is 0 Å². The maximum Gasteiger partial charge on any atom is 0.253 e. The first-order valence-corrected chi connectivity index (χ1v) is 8.61. The summed E-state index contributed by atoms with van der Waals surface area (Å²) >= 11 is 0. The first kappa shape index (κ1) is 21.5. The van der Waals surface area contributed by atoms with Crippen molar-refractivity contribution in [3.05, 3.63) is 23.8 Å². The largest absolute Gasteiger partial charge is 0.493 e. The van der Waals surface area contributed by atoms with Gasteiger partial charge in [0, 0.05) is 25.3 Å². The molecule has 25 heavy (non-hydrogen) atoms. The van der Waals surface area contributed by atoms with E-state index in [4.69, 9.17) is 19.9 Å². The number of likely N-dealkylation sites (tertiary alicyclic amines) is 1. The summed E-state index contributed by atoms with van der Waals surface area (Å²) in [4.78, 5) is 14.5. The fourth-order valence-electron chi connectivity index (χ4n) is 2.82. The Hall–Kier alpha value is -1.50. The van der Waals surface area contributed by atoms with Crippen LogP contribution < -0.4 is 15.2 Å². The highest BCUT2D eigenvalue weighted by atomic mass is 35.5. The number of carbonyl (C=O) groups is 1. The highest BCUT2D eigenvalue weighted by Gasteiger charge is 2.24. The molecule has 1 aliphatic rings. The van der Waals surface area contributed by atoms with Crippen molar-refractivity contribution in [3.63, 3.8) is 0 Å². The van der Waals surface area contributed by atoms with Crippen LogP contribution in [0.1, 0.15) is 36.5 Å². The molecule has 0 radical (unpaired) electrons. The third-order valence-electron chi connectivity index (χ3n) is 4.14. The standard InChI is InChI=1S/C18H28N2O4.ClH/c1-3-23-16-6-5-14(13-17(16)22-2)18(21)20-10-7-15(8-11-20)24-12-4-9-19;/h5-6,13,15H,3-4,7-12,19H2,1-2H3;1H. The lowest BCUT2D eigenvalue weighted by molar-refractivity contribution is 0.00844. The zero-order valence-corrected chi connectivity index (χ0v) is 15.8. The molecule has 2 rings (SSSR count). The lowest BCUT2D eigenvalue weighted by atomic mass is 10.1. The first-order valence-electron chi connectivity index (χ1n) is 8.61. The minimum absolute atomic E-state index is 0. The van der Waals surface area contributed by atoms with Crippen molar-refractivity contribution in [2.24, 2.45) is 5.73 Å². The molecule has 142 valence electrons. The van der Waals surface area contributed by atoms with Gasteiger partial charge in [-0.15, -0.1) is 12.4 Å². The summed E-state index contributed by atoms with van der Waals surface area (Å²) in [6, 6.07) is 5.33. The van der Waals surface area contributed by atoms with Gasteiger partial charge < -0.3 is 24.8 Å². The van der Waals surface area contributed by atoms with E-state index in [9.17, 15) is 4.79 Å². The smallest absolute Gasteiger partial charge is 0.253 e. The van der Waals surface area contributed by atoms with Crippen LogP contribution in [-0.4, -0.2) is 56.9 Å². The van der Waals surface area contributed by atoms with Gasteiger partial charge in [0.15, 0.2) is 11.5 Å². The van der Waals surface area contributed by atoms with Gasteiger partial charge in [0.25, 0.3) is 5.91 Å². The van der Waals surface area contributed by atoms with E-state index in [1.165, 1.54) is 0 Å². The van der Waals surface area contributed by atoms with Crippen LogP contribution in [0.2, 0.25) is 0 Å². The van der Waals surface area contributed by atoms with E-state index in [-0.39, 0.29) is 24.4 Å². The third kappa shape index (κ3) is 6.06. The Bertz CT molecular complexity index is 534. The van der Waals surface area contributed by atoms with Gasteiger partial charge in [0.2, 0.25) is 0 Å². The maximum absolute atomic E-state index is 12.7. The topological polar surface area (TPSA) is 74.0 Å². The molecule has 0 atom stereocenters. The number of rotatable bonds is 8. The number of benzene rings is 1. The number of nitrogens with two attached hydrogens (primary N) is 1. The van der Waals surface area contributed by atoms with Crippen LogP contribution in [-0.2, 0) is 4.74 Å². The Kier molecular flexibility index (Phi) is 9.63. The van der Waals surface area contributed by atoms with Gasteiger partial charge in [-0.25, -0.2) is 0 Å². The van der Waals surface area contributed by atoms with Crippen LogP contribution >= 0.6 is 12.4 Å². The number of piperidine rings is 1. The zero-order valence-electron chi connectivity index (χ0n) is 15.0. The summed E-state index contributed by atoms with van der Waals surface area (Å²) < 4.78 is 16.6. The molecule has 0 aliphatic carbocycles. The number of hydrogen-bond acceptors (Lipinski definition) is 5. The summed E-state index contributed by atoms with van der Waals surface area (Å²) in [6.07, 6.45) is 2.84. The lowest BCUT2D eigenvalue weighted by Gasteiger charge is -2.32. The lowest BCUT2D eigenvalue weighted by Crippen LogP contribution is -2.41. The molecule has 2 N–H and O–H groups in total. The molecule has 1 fully saturated rings. The molecule has 0 unspecified atom stereocenters. The fourth-order valence-corrected chi connectivity index (χ4v) is 2.82. The highest BCUT2D eigenvalue weighted by Crippen LogP contribution is 2.29. The van der Waals surface area contributed by atoms with Crippen molar-refractivity contribution in [2.75, 3.05) is 40.0 Å². The Labute approximate surface area is 156 Å². The van der Waals surface area contributed by atoms with Gasteiger partial charge in [-0.2, -0.15) is 0 Å². The van der Waals surface area contributed by atoms with Gasteiger partial charge in [-0.05, 0) is 50.9 Å². The molecule has 0 bridgehead atoms. The van der Waals surface area contributed by atoms with Gasteiger partial charge in [0.1, 0.15) is 0 Å². The van der Waals surface area contributed by atoms with Crippen molar-refractivity contribution < 1.29 is 19.0 Å². The number of amides is 1. The average molecular weight is 373 g/mol. The Morgan fingerprint density at radius 1 is 1.28 bits per heavy atom. The molecule has 0 spiro atoms. The van der Waals surface area contributed by atoms with Crippen LogP contribution in [0.15, 0.2) is 18.2 Å². The highest BCUT2D eigenvalue weighted by molar-refractivity contribution is 5.95. The molecule has 1 aromatic carbocycles. The Morgan fingerprint density at radius 3 is 2.60 bits per heavy atom. The SMILES string of the molecule is CCOc1ccc(C(=O)N2CCC(OCCCN)CC2)cc1OC.Cl. The van der Waals surface area contributed by atoms with Gasteiger partial charge in [0.05, 0.1) is 19.8 Å². The van der Waals surface area contributed by atoms with E-state index in [1.54, 1.807) is 25.3 Å². The molecule has 6 nitrogen and oxygen atoms in total. The van der Waals surface area contributed by atoms with Crippen molar-refractivity contribution >= 4 is 18.3 Å². The molecule has 0 aromatic heterocycles. The van der Waals surface area contributed by atoms with Crippen LogP contribution in [0.3, 0.4) is 0 Å². The Balaban J connectivity index is 0.00000312. The van der Waals surface area contributed by atoms with Crippen molar-refractivity contribution in [3.8, 4) is 11.5 Å². The predicted molar refractivity (Wildman–Crippen MR) is 100.0 cm³/mol. The van der Waals surface area contributed by atoms with E-state index in [0.29, 0.717) is 49.9 Å². The van der Waals surface area contributed by atoms with E-state index < -0.39 is 0 Å². The van der Waals surface area contributed by atoms with Crippen LogP contribution in [0.25, 0.3) is 0 Å². The molecule has 1 saturated heterocycles. The van der Waals surface area contributed by atoms with E-state index >= 15 is 0 Å². The zero-order chi connectivity index (χ0) is 17.4. The summed E-state index contributed by atoms with van der Waals surface area (Å²) in [7, 11) is 1.58. The second-order valence-corrected chi connectivity index (χ2v) is 5.80. The molecule has 0 saturated carbocycles. The fraction of sp³-hybridized carbons (Fsp3) is 0.611. The number of hydrogen-bond donors (Lipinski definition) is 1. The quantitative estimate of drug-likeness (QED) is 0.709. The molecule has 1 amide bonds. The van der Waals surface area contributed by atoms with Crippen molar-refractivity contribution in [1.29, 1.82) is 0 Å². The molecular formula is C18H29ClN2O4. The molecular weight excluding hydrogens is 344 g/mol. The van der Waals surface area contributed by atoms with Crippen LogP contribution in [0.5, 0.6) is 11.5 Å². The van der Waals surface area contributed by atoms with Gasteiger partial charge in [-0.1, -0.05) is 0 Å². The molecule has 1 heterocycles. The normalized spacial score (nSPS) is 14.8. The first-order chi connectivity index (χ1) is 11.7. The van der Waals surface area contributed by atoms with E-state index in [0.717, 1.165) is 19.3 Å². The minimum atomic E-state index is 0. The maximum atomic E-state index is 12.7.